The fraction of sp³-hybridized carbons (Fsp3) is 0.941. The molecule has 0 saturated carbocycles. The topological polar surface area (TPSA) is 82.0 Å². The minimum atomic E-state index is -0.658. The van der Waals surface area contributed by atoms with Gasteiger partial charge in [-0.3, -0.25) is 0 Å². The summed E-state index contributed by atoms with van der Waals surface area (Å²) >= 11 is 0. The molecule has 0 radical (unpaired) electrons. The van der Waals surface area contributed by atoms with Gasteiger partial charge in [0.1, 0.15) is 5.60 Å². The number of amides is 1. The third-order valence-electron chi connectivity index (χ3n) is 4.47. The Morgan fingerprint density at radius 1 is 1.35 bits per heavy atom. The van der Waals surface area contributed by atoms with Crippen molar-refractivity contribution in [1.29, 1.82) is 0 Å². The highest BCUT2D eigenvalue weighted by molar-refractivity contribution is 5.68. The van der Waals surface area contributed by atoms with Gasteiger partial charge in [-0.25, -0.2) is 4.79 Å². The van der Waals surface area contributed by atoms with Gasteiger partial charge in [-0.05, 0) is 53.4 Å². The molecule has 2 atom stereocenters. The van der Waals surface area contributed by atoms with Gasteiger partial charge in [0, 0.05) is 18.6 Å². The van der Waals surface area contributed by atoms with E-state index in [4.69, 9.17) is 4.74 Å². The van der Waals surface area contributed by atoms with E-state index in [-0.39, 0.29) is 31.4 Å². The molecular weight excluding hydrogens is 296 g/mol. The Morgan fingerprint density at radius 3 is 2.43 bits per heavy atom. The first-order valence-corrected chi connectivity index (χ1v) is 8.65. The smallest absolute Gasteiger partial charge is 0.410 e. The first-order valence-electron chi connectivity index (χ1n) is 8.65. The van der Waals surface area contributed by atoms with Crippen molar-refractivity contribution in [2.24, 2.45) is 0 Å². The van der Waals surface area contributed by atoms with Crippen LogP contribution in [0.5, 0.6) is 0 Å². The summed E-state index contributed by atoms with van der Waals surface area (Å²) in [6.45, 7) is 10.1. The molecule has 0 bridgehead atoms. The van der Waals surface area contributed by atoms with Crippen LogP contribution >= 0.6 is 0 Å². The minimum absolute atomic E-state index is 0.0855. The SMILES string of the molecule is CCC(CO)(CO)NC(C)CC1CCCN1C(=O)OC(C)(C)C. The number of carbonyl (C=O) groups excluding carboxylic acids is 1. The average molecular weight is 330 g/mol. The van der Waals surface area contributed by atoms with Gasteiger partial charge in [0.2, 0.25) is 0 Å². The monoisotopic (exact) mass is 330 g/mol. The van der Waals surface area contributed by atoms with E-state index in [1.165, 1.54) is 0 Å². The van der Waals surface area contributed by atoms with Crippen molar-refractivity contribution in [3.63, 3.8) is 0 Å². The zero-order valence-electron chi connectivity index (χ0n) is 15.3. The summed E-state index contributed by atoms with van der Waals surface area (Å²) in [5, 5.41) is 22.4. The van der Waals surface area contributed by atoms with Crippen molar-refractivity contribution >= 4 is 6.09 Å². The van der Waals surface area contributed by atoms with Gasteiger partial charge in [-0.1, -0.05) is 6.92 Å². The predicted octanol–water partition coefficient (Wildman–Crippen LogP) is 1.89. The molecule has 0 spiro atoms. The molecule has 23 heavy (non-hydrogen) atoms. The lowest BCUT2D eigenvalue weighted by Gasteiger charge is -2.35. The standard InChI is InChI=1S/C17H34N2O4/c1-6-17(11-20,12-21)18-13(2)10-14-8-7-9-19(14)15(22)23-16(3,4)5/h13-14,18,20-21H,6-12H2,1-5H3. The van der Waals surface area contributed by atoms with Crippen molar-refractivity contribution in [2.45, 2.75) is 83.5 Å². The van der Waals surface area contributed by atoms with Crippen LogP contribution in [0.4, 0.5) is 4.79 Å². The van der Waals surface area contributed by atoms with Crippen LogP contribution in [0.3, 0.4) is 0 Å². The van der Waals surface area contributed by atoms with E-state index in [0.717, 1.165) is 25.8 Å². The zero-order chi connectivity index (χ0) is 17.7. The minimum Gasteiger partial charge on any atom is -0.444 e. The van der Waals surface area contributed by atoms with E-state index in [9.17, 15) is 15.0 Å². The number of carbonyl (C=O) groups is 1. The molecule has 1 rings (SSSR count). The first-order chi connectivity index (χ1) is 10.7. The van der Waals surface area contributed by atoms with Crippen molar-refractivity contribution in [3.8, 4) is 0 Å². The molecule has 1 aliphatic rings. The first kappa shape index (κ1) is 20.2. The molecule has 1 saturated heterocycles. The Balaban J connectivity index is 2.62. The molecule has 0 aromatic rings. The molecule has 0 aliphatic carbocycles. The summed E-state index contributed by atoms with van der Waals surface area (Å²) in [7, 11) is 0. The Labute approximate surface area is 140 Å². The van der Waals surface area contributed by atoms with Gasteiger partial charge in [-0.2, -0.15) is 0 Å². The highest BCUT2D eigenvalue weighted by Crippen LogP contribution is 2.24. The molecule has 0 aromatic carbocycles. The van der Waals surface area contributed by atoms with Crippen molar-refractivity contribution in [3.05, 3.63) is 0 Å². The summed E-state index contributed by atoms with van der Waals surface area (Å²) in [5.74, 6) is 0. The number of rotatable bonds is 7. The van der Waals surface area contributed by atoms with E-state index < -0.39 is 11.1 Å². The van der Waals surface area contributed by atoms with Gasteiger partial charge in [-0.15, -0.1) is 0 Å². The van der Waals surface area contributed by atoms with E-state index in [1.54, 1.807) is 0 Å². The van der Waals surface area contributed by atoms with Crippen LogP contribution in [0.15, 0.2) is 0 Å². The van der Waals surface area contributed by atoms with Crippen LogP contribution in [0.1, 0.15) is 60.3 Å². The molecule has 2 unspecified atom stereocenters. The van der Waals surface area contributed by atoms with Crippen molar-refractivity contribution in [1.82, 2.24) is 10.2 Å². The summed E-state index contributed by atoms with van der Waals surface area (Å²) in [6, 6.07) is 0.224. The molecule has 3 N–H and O–H groups in total. The second kappa shape index (κ2) is 8.31. The normalized spacial score (nSPS) is 20.7. The van der Waals surface area contributed by atoms with Crippen LogP contribution in [0.2, 0.25) is 0 Å². The quantitative estimate of drug-likeness (QED) is 0.664. The predicted molar refractivity (Wildman–Crippen MR) is 90.4 cm³/mol. The maximum Gasteiger partial charge on any atom is 0.410 e. The van der Waals surface area contributed by atoms with Gasteiger partial charge < -0.3 is 25.2 Å². The third kappa shape index (κ3) is 5.94. The fourth-order valence-corrected chi connectivity index (χ4v) is 3.10. The maximum absolute atomic E-state index is 12.3. The lowest BCUT2D eigenvalue weighted by Crippen LogP contribution is -2.55. The third-order valence-corrected chi connectivity index (χ3v) is 4.47. The molecule has 1 amide bonds. The van der Waals surface area contributed by atoms with Crippen LogP contribution < -0.4 is 5.32 Å². The summed E-state index contributed by atoms with van der Waals surface area (Å²) < 4.78 is 5.48. The Hall–Kier alpha value is -0.850. The number of likely N-dealkylation sites (tertiary alicyclic amines) is 1. The number of ether oxygens (including phenoxy) is 1. The summed E-state index contributed by atoms with van der Waals surface area (Å²) in [5.41, 5.74) is -1.14. The molecule has 1 aliphatic heterocycles. The molecule has 1 heterocycles. The second-order valence-electron chi connectivity index (χ2n) is 7.70. The van der Waals surface area contributed by atoms with Crippen LogP contribution in [-0.4, -0.2) is 64.2 Å². The largest absolute Gasteiger partial charge is 0.444 e. The van der Waals surface area contributed by atoms with E-state index in [2.05, 4.69) is 5.32 Å². The van der Waals surface area contributed by atoms with Crippen LogP contribution in [0, 0.1) is 0 Å². The van der Waals surface area contributed by atoms with Gasteiger partial charge in [0.25, 0.3) is 0 Å². The average Bonchev–Trinajstić information content (AvgIpc) is 2.91. The van der Waals surface area contributed by atoms with E-state index in [1.807, 2.05) is 39.5 Å². The maximum atomic E-state index is 12.3. The number of hydrogen-bond donors (Lipinski definition) is 3. The zero-order valence-corrected chi connectivity index (χ0v) is 15.3. The molecule has 6 heteroatoms. The van der Waals surface area contributed by atoms with Crippen molar-refractivity contribution < 1.29 is 19.7 Å². The Bertz CT molecular complexity index is 369. The fourth-order valence-electron chi connectivity index (χ4n) is 3.10. The molecule has 6 nitrogen and oxygen atoms in total. The lowest BCUT2D eigenvalue weighted by atomic mass is 9.95. The molecule has 0 aromatic heterocycles. The van der Waals surface area contributed by atoms with E-state index >= 15 is 0 Å². The highest BCUT2D eigenvalue weighted by atomic mass is 16.6. The summed E-state index contributed by atoms with van der Waals surface area (Å²) in [4.78, 5) is 14.1. The van der Waals surface area contributed by atoms with Gasteiger partial charge >= 0.3 is 6.09 Å². The summed E-state index contributed by atoms with van der Waals surface area (Å²) in [6.07, 6.45) is 3.11. The number of aliphatic hydroxyl groups excluding tert-OH is 2. The molecular formula is C17H34N2O4. The molecule has 1 fully saturated rings. The Kier molecular flexibility index (Phi) is 7.29. The van der Waals surface area contributed by atoms with E-state index in [0.29, 0.717) is 6.42 Å². The van der Waals surface area contributed by atoms with Crippen molar-refractivity contribution in [2.75, 3.05) is 19.8 Å². The number of aliphatic hydroxyl groups is 2. The van der Waals surface area contributed by atoms with Gasteiger partial charge in [0.15, 0.2) is 0 Å². The number of nitrogens with one attached hydrogen (secondary N) is 1. The number of nitrogens with zero attached hydrogens (tertiary/aromatic N) is 1. The van der Waals surface area contributed by atoms with Gasteiger partial charge in [0.05, 0.1) is 18.8 Å². The van der Waals surface area contributed by atoms with Crippen LogP contribution in [-0.2, 0) is 4.74 Å². The van der Waals surface area contributed by atoms with Crippen LogP contribution in [0.25, 0.3) is 0 Å². The molecule has 136 valence electrons. The number of hydrogen-bond acceptors (Lipinski definition) is 5. The Morgan fingerprint density at radius 2 is 1.96 bits per heavy atom. The lowest BCUT2D eigenvalue weighted by molar-refractivity contribution is 0.0202. The second-order valence-corrected chi connectivity index (χ2v) is 7.70. The highest BCUT2D eigenvalue weighted by Gasteiger charge is 2.35.